The van der Waals surface area contributed by atoms with Crippen molar-refractivity contribution in [2.45, 2.75) is 116 Å². The molecule has 3 unspecified atom stereocenters. The number of aliphatic hydroxyl groups excluding tert-OH is 2. The van der Waals surface area contributed by atoms with Crippen LogP contribution in [0, 0.1) is 29.1 Å². The summed E-state index contributed by atoms with van der Waals surface area (Å²) >= 11 is 0. The zero-order valence-corrected chi connectivity index (χ0v) is 19.9. The fourth-order valence-corrected chi connectivity index (χ4v) is 7.21. The molecule has 0 aromatic heterocycles. The maximum absolute atomic E-state index is 10.1. The first kappa shape index (κ1) is 24.0. The van der Waals surface area contributed by atoms with Crippen molar-refractivity contribution in [3.63, 3.8) is 0 Å². The third-order valence-electron chi connectivity index (χ3n) is 8.95. The van der Waals surface area contributed by atoms with Gasteiger partial charge in [0.25, 0.3) is 0 Å². The van der Waals surface area contributed by atoms with E-state index in [2.05, 4.69) is 26.5 Å². The second-order valence-corrected chi connectivity index (χ2v) is 11.7. The standard InChI is InChI=1S/C27H46O3/c1-18(8-6-14-26(3,4)30)22-12-13-23-21(9-7-15-27(22,23)5)11-10-20-16-24(28)19(2)25(29)17-20/h10,18,21-25,28-30H,2,6-9,11-17H2,1,3-5H3/t18-,21?,22?,23?,24+,25+,27+/m0/s1. The average molecular weight is 419 g/mol. The summed E-state index contributed by atoms with van der Waals surface area (Å²) in [6.07, 6.45) is 13.5. The van der Waals surface area contributed by atoms with Crippen LogP contribution in [-0.2, 0) is 0 Å². The number of hydrogen-bond acceptors (Lipinski definition) is 3. The molecule has 3 heteroatoms. The van der Waals surface area contributed by atoms with Gasteiger partial charge in [-0.25, -0.2) is 0 Å². The van der Waals surface area contributed by atoms with Gasteiger partial charge in [0.2, 0.25) is 0 Å². The molecule has 3 nitrogen and oxygen atoms in total. The third-order valence-corrected chi connectivity index (χ3v) is 8.95. The van der Waals surface area contributed by atoms with Crippen molar-refractivity contribution >= 4 is 0 Å². The monoisotopic (exact) mass is 418 g/mol. The van der Waals surface area contributed by atoms with Crippen LogP contribution in [0.2, 0.25) is 0 Å². The molecule has 3 rings (SSSR count). The van der Waals surface area contributed by atoms with E-state index in [1.165, 1.54) is 44.1 Å². The average Bonchev–Trinajstić information content (AvgIpc) is 3.00. The quantitative estimate of drug-likeness (QED) is 0.459. The van der Waals surface area contributed by atoms with Crippen LogP contribution in [0.15, 0.2) is 23.8 Å². The van der Waals surface area contributed by atoms with Crippen molar-refractivity contribution in [2.24, 2.45) is 29.1 Å². The Hall–Kier alpha value is -0.640. The van der Waals surface area contributed by atoms with E-state index in [0.717, 1.165) is 42.9 Å². The number of allylic oxidation sites excluding steroid dienone is 1. The van der Waals surface area contributed by atoms with Gasteiger partial charge in [-0.1, -0.05) is 51.3 Å². The first-order chi connectivity index (χ1) is 14.0. The smallest absolute Gasteiger partial charge is 0.0809 e. The molecule has 172 valence electrons. The number of rotatable bonds is 7. The van der Waals surface area contributed by atoms with Gasteiger partial charge in [0.05, 0.1) is 17.8 Å². The van der Waals surface area contributed by atoms with Crippen LogP contribution in [0.3, 0.4) is 0 Å². The topological polar surface area (TPSA) is 60.7 Å². The second kappa shape index (κ2) is 9.46. The molecule has 0 spiro atoms. The Morgan fingerprint density at radius 1 is 1.17 bits per heavy atom. The molecule has 3 saturated carbocycles. The minimum atomic E-state index is -0.586. The molecule has 3 aliphatic rings. The zero-order chi connectivity index (χ0) is 22.1. The molecule has 0 amide bonds. The summed E-state index contributed by atoms with van der Waals surface area (Å²) in [6.45, 7) is 12.7. The van der Waals surface area contributed by atoms with Gasteiger partial charge in [0.15, 0.2) is 0 Å². The molecular weight excluding hydrogens is 372 g/mol. The molecule has 0 aliphatic heterocycles. The van der Waals surface area contributed by atoms with Gasteiger partial charge in [-0.2, -0.15) is 0 Å². The highest BCUT2D eigenvalue weighted by molar-refractivity contribution is 5.23. The maximum Gasteiger partial charge on any atom is 0.0809 e. The molecular formula is C27H46O3. The van der Waals surface area contributed by atoms with Crippen molar-refractivity contribution in [3.8, 4) is 0 Å². The lowest BCUT2D eigenvalue weighted by Crippen LogP contribution is -2.39. The van der Waals surface area contributed by atoms with Crippen molar-refractivity contribution in [1.29, 1.82) is 0 Å². The molecule has 0 heterocycles. The predicted octanol–water partition coefficient (Wildman–Crippen LogP) is 5.78. The second-order valence-electron chi connectivity index (χ2n) is 11.7. The van der Waals surface area contributed by atoms with Crippen LogP contribution in [0.4, 0.5) is 0 Å². The Morgan fingerprint density at radius 2 is 1.83 bits per heavy atom. The molecule has 7 atom stereocenters. The maximum atomic E-state index is 10.1. The van der Waals surface area contributed by atoms with Crippen molar-refractivity contribution in [1.82, 2.24) is 0 Å². The highest BCUT2D eigenvalue weighted by Crippen LogP contribution is 2.60. The summed E-state index contributed by atoms with van der Waals surface area (Å²) in [5, 5.41) is 30.3. The van der Waals surface area contributed by atoms with E-state index in [4.69, 9.17) is 0 Å². The fraction of sp³-hybridized carbons (Fsp3) is 0.852. The van der Waals surface area contributed by atoms with Gasteiger partial charge in [0, 0.05) is 0 Å². The minimum Gasteiger partial charge on any atom is -0.390 e. The molecule has 0 aromatic rings. The van der Waals surface area contributed by atoms with Crippen LogP contribution in [0.5, 0.6) is 0 Å². The van der Waals surface area contributed by atoms with E-state index >= 15 is 0 Å². The molecule has 0 bridgehead atoms. The SMILES string of the molecule is C=C1[C@H](O)CC(=CCC2CCC[C@@]3(C)C2CCC3[C@@H](C)CCCC(C)(C)O)C[C@H]1O. The lowest BCUT2D eigenvalue weighted by Gasteiger charge is -2.47. The first-order valence-electron chi connectivity index (χ1n) is 12.5. The molecule has 3 N–H and O–H groups in total. The van der Waals surface area contributed by atoms with Crippen LogP contribution in [0.1, 0.15) is 98.3 Å². The minimum absolute atomic E-state index is 0.454. The Bertz CT molecular complexity index is 615. The van der Waals surface area contributed by atoms with Gasteiger partial charge < -0.3 is 15.3 Å². The highest BCUT2D eigenvalue weighted by atomic mass is 16.3. The van der Waals surface area contributed by atoms with Gasteiger partial charge in [-0.3, -0.25) is 0 Å². The Labute approximate surface area is 184 Å². The van der Waals surface area contributed by atoms with Crippen molar-refractivity contribution in [3.05, 3.63) is 23.8 Å². The predicted molar refractivity (Wildman–Crippen MR) is 124 cm³/mol. The van der Waals surface area contributed by atoms with Crippen LogP contribution in [0.25, 0.3) is 0 Å². The molecule has 0 saturated heterocycles. The lowest BCUT2D eigenvalue weighted by atomic mass is 9.58. The van der Waals surface area contributed by atoms with Gasteiger partial charge in [0.1, 0.15) is 0 Å². The van der Waals surface area contributed by atoms with Crippen molar-refractivity contribution in [2.75, 3.05) is 0 Å². The molecule has 30 heavy (non-hydrogen) atoms. The van der Waals surface area contributed by atoms with E-state index in [0.29, 0.717) is 23.8 Å². The van der Waals surface area contributed by atoms with Crippen LogP contribution >= 0.6 is 0 Å². The summed E-state index contributed by atoms with van der Waals surface area (Å²) in [4.78, 5) is 0. The molecule has 0 radical (unpaired) electrons. The number of fused-ring (bicyclic) bond motifs is 1. The summed E-state index contributed by atoms with van der Waals surface area (Å²) in [5.41, 5.74) is 1.70. The van der Waals surface area contributed by atoms with Gasteiger partial charge in [-0.05, 0) is 99.9 Å². The third kappa shape index (κ3) is 5.40. The van der Waals surface area contributed by atoms with Gasteiger partial charge in [-0.15, -0.1) is 0 Å². The normalized spacial score (nSPS) is 38.4. The fourth-order valence-electron chi connectivity index (χ4n) is 7.21. The number of hydrogen-bond donors (Lipinski definition) is 3. The summed E-state index contributed by atoms with van der Waals surface area (Å²) in [6, 6.07) is 0. The van der Waals surface area contributed by atoms with Crippen LogP contribution in [-0.4, -0.2) is 33.1 Å². The Morgan fingerprint density at radius 3 is 2.47 bits per heavy atom. The molecule has 3 aliphatic carbocycles. The van der Waals surface area contributed by atoms with E-state index in [9.17, 15) is 15.3 Å². The Kier molecular flexibility index (Phi) is 7.58. The summed E-state index contributed by atoms with van der Waals surface area (Å²) in [5.74, 6) is 3.08. The summed E-state index contributed by atoms with van der Waals surface area (Å²) in [7, 11) is 0. The van der Waals surface area contributed by atoms with E-state index < -0.39 is 17.8 Å². The zero-order valence-electron chi connectivity index (χ0n) is 19.9. The Balaban J connectivity index is 1.60. The largest absolute Gasteiger partial charge is 0.390 e. The van der Waals surface area contributed by atoms with Crippen molar-refractivity contribution < 1.29 is 15.3 Å². The molecule has 3 fully saturated rings. The van der Waals surface area contributed by atoms with E-state index in [-0.39, 0.29) is 0 Å². The number of aliphatic hydroxyl groups is 3. The lowest BCUT2D eigenvalue weighted by molar-refractivity contribution is 0.0259. The molecule has 0 aromatic carbocycles. The van der Waals surface area contributed by atoms with E-state index in [1.54, 1.807) is 0 Å². The van der Waals surface area contributed by atoms with Gasteiger partial charge >= 0.3 is 0 Å². The van der Waals surface area contributed by atoms with Crippen LogP contribution < -0.4 is 0 Å². The van der Waals surface area contributed by atoms with E-state index in [1.807, 2.05) is 13.8 Å². The highest BCUT2D eigenvalue weighted by Gasteiger charge is 2.51. The summed E-state index contributed by atoms with van der Waals surface area (Å²) < 4.78 is 0. The first-order valence-corrected chi connectivity index (χ1v) is 12.5.